The molecule has 0 aliphatic heterocycles. The van der Waals surface area contributed by atoms with E-state index in [2.05, 4.69) is 4.72 Å². The van der Waals surface area contributed by atoms with E-state index in [1.165, 1.54) is 31.2 Å². The van der Waals surface area contributed by atoms with Crippen LogP contribution in [0.25, 0.3) is 10.8 Å². The van der Waals surface area contributed by atoms with Crippen molar-refractivity contribution in [3.63, 3.8) is 0 Å². The van der Waals surface area contributed by atoms with E-state index in [1.807, 2.05) is 42.5 Å². The van der Waals surface area contributed by atoms with Crippen molar-refractivity contribution in [3.05, 3.63) is 77.9 Å². The van der Waals surface area contributed by atoms with E-state index in [0.29, 0.717) is 12.0 Å². The number of sulfonamides is 1. The van der Waals surface area contributed by atoms with E-state index < -0.39 is 10.0 Å². The monoisotopic (exact) mass is 427 g/mol. The molecule has 0 aliphatic carbocycles. The Hall–Kier alpha value is -2.48. The SMILES string of the molecule is CC(=O)SCC(=O)c1ccc(S(=O)(=O)NCCc2cccc3ccccc23)cc1. The minimum atomic E-state index is -3.67. The minimum absolute atomic E-state index is 0.0463. The van der Waals surface area contributed by atoms with Crippen LogP contribution >= 0.6 is 11.8 Å². The fourth-order valence-electron chi connectivity index (χ4n) is 2.98. The van der Waals surface area contributed by atoms with Crippen LogP contribution < -0.4 is 4.72 Å². The van der Waals surface area contributed by atoms with Gasteiger partial charge < -0.3 is 0 Å². The highest BCUT2D eigenvalue weighted by molar-refractivity contribution is 8.14. The Morgan fingerprint density at radius 2 is 1.62 bits per heavy atom. The van der Waals surface area contributed by atoms with Crippen LogP contribution in [0.3, 0.4) is 0 Å². The van der Waals surface area contributed by atoms with E-state index in [1.54, 1.807) is 0 Å². The van der Waals surface area contributed by atoms with Crippen molar-refractivity contribution < 1.29 is 18.0 Å². The summed E-state index contributed by atoms with van der Waals surface area (Å²) >= 11 is 0.935. The first kappa shape index (κ1) is 21.2. The lowest BCUT2D eigenvalue weighted by Gasteiger charge is -2.09. The second kappa shape index (κ2) is 9.35. The standard InChI is InChI=1S/C22H21NO4S2/c1-16(24)28-15-22(25)19-9-11-20(12-10-19)29(26,27)23-14-13-18-7-4-6-17-5-2-3-8-21(17)18/h2-12,23H,13-15H2,1H3. The van der Waals surface area contributed by atoms with Gasteiger partial charge in [-0.25, -0.2) is 13.1 Å². The second-order valence-corrected chi connectivity index (χ2v) is 9.43. The van der Waals surface area contributed by atoms with Crippen LogP contribution in [0.15, 0.2) is 71.6 Å². The number of hydrogen-bond acceptors (Lipinski definition) is 5. The molecule has 7 heteroatoms. The van der Waals surface area contributed by atoms with E-state index in [0.717, 1.165) is 28.1 Å². The molecule has 0 aliphatic rings. The molecular formula is C22H21NO4S2. The molecule has 0 atom stereocenters. The van der Waals surface area contributed by atoms with E-state index in [-0.39, 0.29) is 28.1 Å². The number of fused-ring (bicyclic) bond motifs is 1. The van der Waals surface area contributed by atoms with Gasteiger partial charge in [0.1, 0.15) is 0 Å². The number of carbonyl (C=O) groups is 2. The van der Waals surface area contributed by atoms with Crippen molar-refractivity contribution in [1.29, 1.82) is 0 Å². The second-order valence-electron chi connectivity index (χ2n) is 6.51. The molecule has 3 rings (SSSR count). The van der Waals surface area contributed by atoms with Crippen LogP contribution in [0, 0.1) is 0 Å². The fraction of sp³-hybridized carbons (Fsp3) is 0.182. The number of nitrogens with one attached hydrogen (secondary N) is 1. The summed E-state index contributed by atoms with van der Waals surface area (Å²) in [5.74, 6) is -0.164. The average molecular weight is 428 g/mol. The van der Waals surface area contributed by atoms with Gasteiger partial charge in [-0.05, 0) is 34.9 Å². The van der Waals surface area contributed by atoms with E-state index >= 15 is 0 Å². The Morgan fingerprint density at radius 3 is 2.34 bits per heavy atom. The number of benzene rings is 3. The van der Waals surface area contributed by atoms with Crippen LogP contribution in [0.4, 0.5) is 0 Å². The molecular weight excluding hydrogens is 406 g/mol. The first-order chi connectivity index (χ1) is 13.9. The fourth-order valence-corrected chi connectivity index (χ4v) is 4.52. The van der Waals surface area contributed by atoms with Crippen molar-refractivity contribution >= 4 is 43.5 Å². The lowest BCUT2D eigenvalue weighted by Crippen LogP contribution is -2.26. The summed E-state index contributed by atoms with van der Waals surface area (Å²) in [5, 5.41) is 2.10. The first-order valence-electron chi connectivity index (χ1n) is 9.10. The normalized spacial score (nSPS) is 11.5. The zero-order valence-electron chi connectivity index (χ0n) is 15.9. The first-order valence-corrected chi connectivity index (χ1v) is 11.6. The highest BCUT2D eigenvalue weighted by atomic mass is 32.2. The number of thioether (sulfide) groups is 1. The van der Waals surface area contributed by atoms with Gasteiger partial charge in [-0.3, -0.25) is 9.59 Å². The molecule has 3 aromatic carbocycles. The molecule has 0 aromatic heterocycles. The van der Waals surface area contributed by atoms with Crippen molar-refractivity contribution in [2.45, 2.75) is 18.2 Å². The largest absolute Gasteiger partial charge is 0.293 e. The molecule has 0 saturated carbocycles. The average Bonchev–Trinajstić information content (AvgIpc) is 2.72. The number of rotatable bonds is 8. The van der Waals surface area contributed by atoms with Crippen LogP contribution in [0.1, 0.15) is 22.8 Å². The zero-order valence-corrected chi connectivity index (χ0v) is 17.6. The Labute approximate surface area is 174 Å². The lowest BCUT2D eigenvalue weighted by atomic mass is 10.0. The summed E-state index contributed by atoms with van der Waals surface area (Å²) in [4.78, 5) is 23.1. The Kier molecular flexibility index (Phi) is 6.84. The molecule has 0 bridgehead atoms. The molecule has 0 fully saturated rings. The van der Waals surface area contributed by atoms with Crippen LogP contribution in [-0.4, -0.2) is 31.6 Å². The zero-order chi connectivity index (χ0) is 20.9. The third kappa shape index (κ3) is 5.53. The molecule has 150 valence electrons. The third-order valence-corrected chi connectivity index (χ3v) is 6.75. The van der Waals surface area contributed by atoms with Crippen LogP contribution in [0.2, 0.25) is 0 Å². The minimum Gasteiger partial charge on any atom is -0.293 e. The number of ketones is 1. The highest BCUT2D eigenvalue weighted by Gasteiger charge is 2.15. The predicted octanol–water partition coefficient (Wildman–Crippen LogP) is 3.82. The van der Waals surface area contributed by atoms with Gasteiger partial charge in [0.25, 0.3) is 0 Å². The van der Waals surface area contributed by atoms with Gasteiger partial charge in [0.15, 0.2) is 10.9 Å². The quantitative estimate of drug-likeness (QED) is 0.553. The maximum Gasteiger partial charge on any atom is 0.240 e. The Balaban J connectivity index is 1.63. The molecule has 0 saturated heterocycles. The van der Waals surface area contributed by atoms with Gasteiger partial charge >= 0.3 is 0 Å². The van der Waals surface area contributed by atoms with Gasteiger partial charge in [0.05, 0.1) is 10.6 Å². The maximum atomic E-state index is 12.5. The topological polar surface area (TPSA) is 80.3 Å². The van der Waals surface area contributed by atoms with Crippen LogP contribution in [-0.2, 0) is 21.2 Å². The van der Waals surface area contributed by atoms with Gasteiger partial charge in [-0.1, -0.05) is 66.4 Å². The summed E-state index contributed by atoms with van der Waals surface area (Å²) in [5.41, 5.74) is 1.46. The van der Waals surface area contributed by atoms with Crippen molar-refractivity contribution in [2.75, 3.05) is 12.3 Å². The highest BCUT2D eigenvalue weighted by Crippen LogP contribution is 2.19. The van der Waals surface area contributed by atoms with Gasteiger partial charge in [-0.2, -0.15) is 0 Å². The van der Waals surface area contributed by atoms with Gasteiger partial charge in [-0.15, -0.1) is 0 Å². The smallest absolute Gasteiger partial charge is 0.240 e. The molecule has 0 radical (unpaired) electrons. The Bertz CT molecular complexity index is 1130. The summed E-state index contributed by atoms with van der Waals surface area (Å²) in [6.45, 7) is 1.67. The van der Waals surface area contributed by atoms with Crippen molar-refractivity contribution in [3.8, 4) is 0 Å². The maximum absolute atomic E-state index is 12.5. The predicted molar refractivity (Wildman–Crippen MR) is 117 cm³/mol. The van der Waals surface area contributed by atoms with Gasteiger partial charge in [0.2, 0.25) is 10.0 Å². The Morgan fingerprint density at radius 1 is 0.931 bits per heavy atom. The molecule has 0 amide bonds. The van der Waals surface area contributed by atoms with E-state index in [9.17, 15) is 18.0 Å². The van der Waals surface area contributed by atoms with Crippen molar-refractivity contribution in [2.24, 2.45) is 0 Å². The lowest BCUT2D eigenvalue weighted by molar-refractivity contribution is -0.109. The van der Waals surface area contributed by atoms with Crippen LogP contribution in [0.5, 0.6) is 0 Å². The molecule has 0 unspecified atom stereocenters. The van der Waals surface area contributed by atoms with E-state index in [4.69, 9.17) is 0 Å². The number of hydrogen-bond donors (Lipinski definition) is 1. The third-order valence-electron chi connectivity index (χ3n) is 4.46. The molecule has 0 spiro atoms. The molecule has 5 nitrogen and oxygen atoms in total. The summed E-state index contributed by atoms with van der Waals surface area (Å²) < 4.78 is 27.7. The van der Waals surface area contributed by atoms with Crippen molar-refractivity contribution in [1.82, 2.24) is 4.72 Å². The summed E-state index contributed by atoms with van der Waals surface area (Å²) in [7, 11) is -3.67. The molecule has 1 N–H and O–H groups in total. The number of Topliss-reactive ketones (excluding diaryl/α,β-unsaturated/α-hetero) is 1. The molecule has 0 heterocycles. The molecule has 3 aromatic rings. The summed E-state index contributed by atoms with van der Waals surface area (Å²) in [6.07, 6.45) is 0.569. The molecule has 29 heavy (non-hydrogen) atoms. The van der Waals surface area contributed by atoms with Gasteiger partial charge in [0, 0.05) is 19.0 Å². The summed E-state index contributed by atoms with van der Waals surface area (Å²) in [6, 6.07) is 19.8. The number of carbonyl (C=O) groups excluding carboxylic acids is 2.